The van der Waals surface area contributed by atoms with E-state index in [9.17, 15) is 9.59 Å². The van der Waals surface area contributed by atoms with Crippen molar-refractivity contribution in [2.45, 2.75) is 59.4 Å². The molecule has 0 radical (unpaired) electrons. The molecular formula is C14H27NO3. The molecule has 0 rings (SSSR count). The first kappa shape index (κ1) is 16.9. The summed E-state index contributed by atoms with van der Waals surface area (Å²) in [4.78, 5) is 25.4. The van der Waals surface area contributed by atoms with Crippen molar-refractivity contribution in [3.63, 3.8) is 0 Å². The van der Waals surface area contributed by atoms with Crippen molar-refractivity contribution >= 4 is 11.9 Å². The molecule has 0 atom stereocenters. The Kier molecular flexibility index (Phi) is 8.42. The van der Waals surface area contributed by atoms with Crippen LogP contribution in [0.4, 0.5) is 0 Å². The fourth-order valence-electron chi connectivity index (χ4n) is 2.04. The van der Waals surface area contributed by atoms with Crippen molar-refractivity contribution in [3.05, 3.63) is 0 Å². The third kappa shape index (κ3) is 5.52. The first-order valence-corrected chi connectivity index (χ1v) is 6.85. The minimum atomic E-state index is -0.358. The predicted molar refractivity (Wildman–Crippen MR) is 72.2 cm³/mol. The Labute approximate surface area is 111 Å². The van der Waals surface area contributed by atoms with Crippen LogP contribution in [0.5, 0.6) is 0 Å². The molecule has 0 aliphatic carbocycles. The molecule has 0 aromatic carbocycles. The number of carbonyl (C=O) groups excluding carboxylic acids is 2. The van der Waals surface area contributed by atoms with E-state index in [4.69, 9.17) is 0 Å². The number of esters is 1. The lowest BCUT2D eigenvalue weighted by Crippen LogP contribution is -2.44. The van der Waals surface area contributed by atoms with Crippen molar-refractivity contribution in [2.75, 3.05) is 13.7 Å². The average Bonchev–Trinajstić information content (AvgIpc) is 2.34. The molecule has 0 unspecified atom stereocenters. The molecule has 0 aliphatic heterocycles. The van der Waals surface area contributed by atoms with Crippen molar-refractivity contribution in [1.82, 2.24) is 4.90 Å². The number of nitrogens with zero attached hydrogens (tertiary/aromatic N) is 1. The lowest BCUT2D eigenvalue weighted by molar-refractivity contribution is -0.150. The summed E-state index contributed by atoms with van der Waals surface area (Å²) in [6, 6.07) is 0.0211. The average molecular weight is 257 g/mol. The van der Waals surface area contributed by atoms with Crippen LogP contribution in [0.1, 0.15) is 53.4 Å². The first-order chi connectivity index (χ1) is 8.47. The number of rotatable bonds is 8. The van der Waals surface area contributed by atoms with Crippen molar-refractivity contribution in [3.8, 4) is 0 Å². The van der Waals surface area contributed by atoms with E-state index >= 15 is 0 Å². The van der Waals surface area contributed by atoms with E-state index in [0.717, 1.165) is 25.7 Å². The molecule has 0 fully saturated rings. The van der Waals surface area contributed by atoms with Gasteiger partial charge in [0, 0.05) is 12.0 Å². The van der Waals surface area contributed by atoms with Gasteiger partial charge in [0.1, 0.15) is 6.54 Å². The highest BCUT2D eigenvalue weighted by molar-refractivity contribution is 5.83. The third-order valence-corrected chi connectivity index (χ3v) is 3.06. The van der Waals surface area contributed by atoms with Gasteiger partial charge in [-0.2, -0.15) is 0 Å². The minimum absolute atomic E-state index is 0.0211. The van der Waals surface area contributed by atoms with Crippen LogP contribution in [-0.2, 0) is 14.3 Å². The fraction of sp³-hybridized carbons (Fsp3) is 0.857. The number of hydrogen-bond acceptors (Lipinski definition) is 3. The van der Waals surface area contributed by atoms with Crippen LogP contribution in [-0.4, -0.2) is 36.5 Å². The molecule has 0 spiro atoms. The van der Waals surface area contributed by atoms with Crippen molar-refractivity contribution in [2.24, 2.45) is 5.92 Å². The van der Waals surface area contributed by atoms with Gasteiger partial charge in [-0.25, -0.2) is 0 Å². The molecule has 0 aromatic rings. The molecule has 0 saturated carbocycles. The van der Waals surface area contributed by atoms with E-state index in [1.54, 1.807) is 4.90 Å². The normalized spacial score (nSPS) is 10.8. The number of hydrogen-bond donors (Lipinski definition) is 0. The Hall–Kier alpha value is -1.06. The van der Waals surface area contributed by atoms with Crippen LogP contribution >= 0.6 is 0 Å². The molecule has 18 heavy (non-hydrogen) atoms. The van der Waals surface area contributed by atoms with E-state index in [1.807, 2.05) is 13.8 Å². The zero-order valence-electron chi connectivity index (χ0n) is 12.4. The standard InChI is InChI=1S/C14H27NO3/c1-6-8-12(9-7-2)14(17)15(11(3)4)10-13(16)18-5/h11-12H,6-10H2,1-5H3. The largest absolute Gasteiger partial charge is 0.468 e. The number of methoxy groups -OCH3 is 1. The van der Waals surface area contributed by atoms with E-state index in [2.05, 4.69) is 18.6 Å². The smallest absolute Gasteiger partial charge is 0.325 e. The number of amides is 1. The molecule has 0 bridgehead atoms. The second-order valence-corrected chi connectivity index (χ2v) is 4.91. The molecule has 0 N–H and O–H groups in total. The van der Waals surface area contributed by atoms with Gasteiger partial charge in [-0.15, -0.1) is 0 Å². The zero-order chi connectivity index (χ0) is 14.1. The first-order valence-electron chi connectivity index (χ1n) is 6.85. The lowest BCUT2D eigenvalue weighted by atomic mass is 9.96. The molecule has 0 aliphatic rings. The maximum absolute atomic E-state index is 12.4. The van der Waals surface area contributed by atoms with Gasteiger partial charge in [0.15, 0.2) is 0 Å². The van der Waals surface area contributed by atoms with E-state index < -0.39 is 0 Å². The van der Waals surface area contributed by atoms with E-state index in [1.165, 1.54) is 7.11 Å². The highest BCUT2D eigenvalue weighted by Crippen LogP contribution is 2.18. The number of ether oxygens (including phenoxy) is 1. The van der Waals surface area contributed by atoms with Crippen molar-refractivity contribution < 1.29 is 14.3 Å². The van der Waals surface area contributed by atoms with Crippen LogP contribution in [0, 0.1) is 5.92 Å². The second-order valence-electron chi connectivity index (χ2n) is 4.91. The van der Waals surface area contributed by atoms with Gasteiger partial charge in [0.25, 0.3) is 0 Å². The quantitative estimate of drug-likeness (QED) is 0.628. The van der Waals surface area contributed by atoms with Gasteiger partial charge in [-0.1, -0.05) is 26.7 Å². The Morgan fingerprint density at radius 2 is 1.61 bits per heavy atom. The van der Waals surface area contributed by atoms with Gasteiger partial charge in [0.05, 0.1) is 7.11 Å². The monoisotopic (exact) mass is 257 g/mol. The van der Waals surface area contributed by atoms with Gasteiger partial charge in [-0.05, 0) is 26.7 Å². The SMILES string of the molecule is CCCC(CCC)C(=O)N(CC(=O)OC)C(C)C. The van der Waals surface area contributed by atoms with Crippen LogP contribution in [0.3, 0.4) is 0 Å². The summed E-state index contributed by atoms with van der Waals surface area (Å²) >= 11 is 0. The van der Waals surface area contributed by atoms with Crippen LogP contribution in [0.15, 0.2) is 0 Å². The summed E-state index contributed by atoms with van der Waals surface area (Å²) in [5.74, 6) is -0.241. The maximum Gasteiger partial charge on any atom is 0.325 e. The molecule has 0 aromatic heterocycles. The van der Waals surface area contributed by atoms with Gasteiger partial charge in [0.2, 0.25) is 5.91 Å². The maximum atomic E-state index is 12.4. The zero-order valence-corrected chi connectivity index (χ0v) is 12.4. The van der Waals surface area contributed by atoms with Crippen LogP contribution in [0.2, 0.25) is 0 Å². The molecule has 106 valence electrons. The Morgan fingerprint density at radius 1 is 1.11 bits per heavy atom. The summed E-state index contributed by atoms with van der Waals surface area (Å²) in [6.45, 7) is 8.06. The fourth-order valence-corrected chi connectivity index (χ4v) is 2.04. The van der Waals surface area contributed by atoms with E-state index in [0.29, 0.717) is 0 Å². The predicted octanol–water partition coefficient (Wildman–Crippen LogP) is 2.61. The lowest BCUT2D eigenvalue weighted by Gasteiger charge is -2.29. The molecule has 4 heteroatoms. The third-order valence-electron chi connectivity index (χ3n) is 3.06. The molecular weight excluding hydrogens is 230 g/mol. The molecule has 0 heterocycles. The van der Waals surface area contributed by atoms with E-state index in [-0.39, 0.29) is 30.4 Å². The van der Waals surface area contributed by atoms with Crippen LogP contribution < -0.4 is 0 Å². The number of carbonyl (C=O) groups is 2. The van der Waals surface area contributed by atoms with Gasteiger partial charge in [-0.3, -0.25) is 9.59 Å². The molecule has 1 amide bonds. The molecule has 0 saturated heterocycles. The van der Waals surface area contributed by atoms with Crippen LogP contribution in [0.25, 0.3) is 0 Å². The highest BCUT2D eigenvalue weighted by Gasteiger charge is 2.26. The summed E-state index contributed by atoms with van der Waals surface area (Å²) in [5, 5.41) is 0. The molecule has 4 nitrogen and oxygen atoms in total. The van der Waals surface area contributed by atoms with Gasteiger partial charge < -0.3 is 9.64 Å². The summed E-state index contributed by atoms with van der Waals surface area (Å²) in [6.07, 6.45) is 3.75. The summed E-state index contributed by atoms with van der Waals surface area (Å²) in [7, 11) is 1.35. The summed E-state index contributed by atoms with van der Waals surface area (Å²) < 4.78 is 4.65. The summed E-state index contributed by atoms with van der Waals surface area (Å²) in [5.41, 5.74) is 0. The Balaban J connectivity index is 4.75. The Morgan fingerprint density at radius 3 is 1.94 bits per heavy atom. The topological polar surface area (TPSA) is 46.6 Å². The van der Waals surface area contributed by atoms with Gasteiger partial charge >= 0.3 is 5.97 Å². The highest BCUT2D eigenvalue weighted by atomic mass is 16.5. The second kappa shape index (κ2) is 8.95. The van der Waals surface area contributed by atoms with Crippen molar-refractivity contribution in [1.29, 1.82) is 0 Å². The Bertz CT molecular complexity index is 258. The minimum Gasteiger partial charge on any atom is -0.468 e.